The molecule has 0 bridgehead atoms. The standard InChI is InChI=1S/C28H22N4O3/c1-31-26(29)24(27(34)32(2)28(31)35)25(33)21-16-23(30-22-11-7-6-10-20(21)22)19-14-12-18(13-15-19)17-8-4-3-5-9-17/h3-16H,29H2,1-2H3. The normalized spacial score (nSPS) is 11.0. The molecular weight excluding hydrogens is 440 g/mol. The van der Waals surface area contributed by atoms with Crippen LogP contribution in [-0.4, -0.2) is 19.9 Å². The van der Waals surface area contributed by atoms with E-state index in [0.717, 1.165) is 25.8 Å². The summed E-state index contributed by atoms with van der Waals surface area (Å²) in [4.78, 5) is 43.6. The number of ketones is 1. The summed E-state index contributed by atoms with van der Waals surface area (Å²) in [6.45, 7) is 0. The van der Waals surface area contributed by atoms with Crippen molar-refractivity contribution < 1.29 is 4.79 Å². The predicted molar refractivity (Wildman–Crippen MR) is 137 cm³/mol. The first-order valence-corrected chi connectivity index (χ1v) is 11.0. The third-order valence-corrected chi connectivity index (χ3v) is 6.19. The molecule has 0 atom stereocenters. The fourth-order valence-electron chi connectivity index (χ4n) is 4.18. The number of anilines is 1. The van der Waals surface area contributed by atoms with Crippen molar-refractivity contribution in [3.8, 4) is 22.4 Å². The zero-order valence-corrected chi connectivity index (χ0v) is 19.2. The van der Waals surface area contributed by atoms with Crippen molar-refractivity contribution in [2.24, 2.45) is 14.1 Å². The number of carbonyl (C=O) groups excluding carboxylic acids is 1. The minimum Gasteiger partial charge on any atom is -0.384 e. The van der Waals surface area contributed by atoms with Gasteiger partial charge in [-0.05, 0) is 23.3 Å². The molecule has 5 rings (SSSR count). The lowest BCUT2D eigenvalue weighted by Crippen LogP contribution is -2.41. The van der Waals surface area contributed by atoms with E-state index < -0.39 is 17.0 Å². The fourth-order valence-corrected chi connectivity index (χ4v) is 4.18. The molecule has 0 aliphatic carbocycles. The van der Waals surface area contributed by atoms with Gasteiger partial charge in [0, 0.05) is 30.6 Å². The Balaban J connectivity index is 1.68. The molecule has 0 amide bonds. The van der Waals surface area contributed by atoms with Gasteiger partial charge in [0.05, 0.1) is 11.2 Å². The minimum atomic E-state index is -0.731. The van der Waals surface area contributed by atoms with E-state index in [1.807, 2.05) is 66.7 Å². The van der Waals surface area contributed by atoms with E-state index in [1.54, 1.807) is 18.2 Å². The minimum absolute atomic E-state index is 0.169. The molecule has 2 aromatic heterocycles. The van der Waals surface area contributed by atoms with Gasteiger partial charge >= 0.3 is 5.69 Å². The van der Waals surface area contributed by atoms with Gasteiger partial charge in [-0.15, -0.1) is 0 Å². The molecule has 0 aliphatic heterocycles. The summed E-state index contributed by atoms with van der Waals surface area (Å²) in [5.74, 6) is -0.725. The number of carbonyl (C=O) groups is 1. The number of nitrogens with two attached hydrogens (primary N) is 1. The Labute approximate surface area is 200 Å². The largest absolute Gasteiger partial charge is 0.384 e. The maximum Gasteiger partial charge on any atom is 0.332 e. The van der Waals surface area contributed by atoms with Crippen LogP contribution in [0.4, 0.5) is 5.82 Å². The second-order valence-corrected chi connectivity index (χ2v) is 8.31. The summed E-state index contributed by atoms with van der Waals surface area (Å²) < 4.78 is 1.98. The monoisotopic (exact) mass is 462 g/mol. The summed E-state index contributed by atoms with van der Waals surface area (Å²) in [5, 5.41) is 0.595. The zero-order chi connectivity index (χ0) is 24.7. The molecule has 0 radical (unpaired) electrons. The van der Waals surface area contributed by atoms with Crippen LogP contribution < -0.4 is 17.0 Å². The maximum absolute atomic E-state index is 13.7. The van der Waals surface area contributed by atoms with Crippen molar-refractivity contribution in [3.63, 3.8) is 0 Å². The number of fused-ring (bicyclic) bond motifs is 1. The molecular formula is C28H22N4O3. The second-order valence-electron chi connectivity index (χ2n) is 8.31. The molecule has 2 N–H and O–H groups in total. The summed E-state index contributed by atoms with van der Waals surface area (Å²) in [6.07, 6.45) is 0. The SMILES string of the molecule is Cn1c(N)c(C(=O)c2cc(-c3ccc(-c4ccccc4)cc3)nc3ccccc23)c(=O)n(C)c1=O. The molecule has 0 saturated heterocycles. The molecule has 2 heterocycles. The highest BCUT2D eigenvalue weighted by Crippen LogP contribution is 2.29. The van der Waals surface area contributed by atoms with E-state index in [2.05, 4.69) is 0 Å². The molecule has 35 heavy (non-hydrogen) atoms. The lowest BCUT2D eigenvalue weighted by Gasteiger charge is -2.13. The van der Waals surface area contributed by atoms with Crippen LogP contribution in [0.3, 0.4) is 0 Å². The first kappa shape index (κ1) is 22.0. The number of hydrogen-bond donors (Lipinski definition) is 1. The van der Waals surface area contributed by atoms with Gasteiger partial charge in [0.15, 0.2) is 0 Å². The van der Waals surface area contributed by atoms with Gasteiger partial charge in [-0.25, -0.2) is 9.78 Å². The van der Waals surface area contributed by atoms with Crippen molar-refractivity contribution in [1.82, 2.24) is 14.1 Å². The Morgan fingerprint density at radius 2 is 1.37 bits per heavy atom. The van der Waals surface area contributed by atoms with Crippen LogP contribution in [0.15, 0.2) is 94.5 Å². The van der Waals surface area contributed by atoms with Gasteiger partial charge in [-0.3, -0.25) is 18.7 Å². The van der Waals surface area contributed by atoms with Crippen LogP contribution in [0.1, 0.15) is 15.9 Å². The van der Waals surface area contributed by atoms with Gasteiger partial charge in [-0.2, -0.15) is 0 Å². The zero-order valence-electron chi connectivity index (χ0n) is 19.2. The Bertz CT molecular complexity index is 1720. The fraction of sp³-hybridized carbons (Fsp3) is 0.0714. The predicted octanol–water partition coefficient (Wildman–Crippen LogP) is 3.78. The second kappa shape index (κ2) is 8.53. The van der Waals surface area contributed by atoms with Gasteiger partial charge in [0.1, 0.15) is 11.4 Å². The Morgan fingerprint density at radius 3 is 2.09 bits per heavy atom. The number of para-hydroxylation sites is 1. The molecule has 0 aliphatic rings. The molecule has 0 fully saturated rings. The number of aromatic nitrogens is 3. The first-order chi connectivity index (χ1) is 16.9. The van der Waals surface area contributed by atoms with Crippen LogP contribution in [0.2, 0.25) is 0 Å². The average molecular weight is 463 g/mol. The molecule has 7 heteroatoms. The molecule has 0 spiro atoms. The third kappa shape index (κ3) is 3.73. The smallest absolute Gasteiger partial charge is 0.332 e. The molecule has 0 saturated carbocycles. The van der Waals surface area contributed by atoms with Crippen molar-refractivity contribution in [3.05, 3.63) is 117 Å². The Hall–Kier alpha value is -4.78. The highest BCUT2D eigenvalue weighted by molar-refractivity contribution is 6.18. The van der Waals surface area contributed by atoms with Gasteiger partial charge in [0.25, 0.3) is 5.56 Å². The summed E-state index contributed by atoms with van der Waals surface area (Å²) in [6, 6.07) is 26.8. The lowest BCUT2D eigenvalue weighted by atomic mass is 9.97. The summed E-state index contributed by atoms with van der Waals surface area (Å²) in [7, 11) is 2.75. The quantitative estimate of drug-likeness (QED) is 0.410. The molecule has 3 aromatic carbocycles. The van der Waals surface area contributed by atoms with E-state index in [0.29, 0.717) is 22.2 Å². The first-order valence-electron chi connectivity index (χ1n) is 11.0. The number of nitrogens with zero attached hydrogens (tertiary/aromatic N) is 3. The van der Waals surface area contributed by atoms with Crippen LogP contribution in [-0.2, 0) is 14.1 Å². The highest BCUT2D eigenvalue weighted by atomic mass is 16.2. The van der Waals surface area contributed by atoms with Gasteiger partial charge in [-0.1, -0.05) is 72.8 Å². The number of pyridine rings is 1. The number of hydrogen-bond acceptors (Lipinski definition) is 5. The molecule has 172 valence electrons. The number of nitrogen functional groups attached to an aromatic ring is 1. The van der Waals surface area contributed by atoms with Crippen molar-refractivity contribution in [2.45, 2.75) is 0 Å². The molecule has 0 unspecified atom stereocenters. The number of benzene rings is 3. The van der Waals surface area contributed by atoms with Crippen molar-refractivity contribution >= 4 is 22.5 Å². The third-order valence-electron chi connectivity index (χ3n) is 6.19. The van der Waals surface area contributed by atoms with Crippen molar-refractivity contribution in [2.75, 3.05) is 5.73 Å². The summed E-state index contributed by atoms with van der Waals surface area (Å²) >= 11 is 0. The van der Waals surface area contributed by atoms with Crippen LogP contribution in [0, 0.1) is 0 Å². The van der Waals surface area contributed by atoms with E-state index in [1.165, 1.54) is 14.1 Å². The van der Waals surface area contributed by atoms with Crippen LogP contribution in [0.5, 0.6) is 0 Å². The van der Waals surface area contributed by atoms with E-state index >= 15 is 0 Å². The maximum atomic E-state index is 13.7. The van der Waals surface area contributed by atoms with E-state index in [9.17, 15) is 14.4 Å². The molecule has 7 nitrogen and oxygen atoms in total. The number of rotatable bonds is 4. The highest BCUT2D eigenvalue weighted by Gasteiger charge is 2.24. The van der Waals surface area contributed by atoms with E-state index in [4.69, 9.17) is 10.7 Å². The van der Waals surface area contributed by atoms with Crippen LogP contribution >= 0.6 is 0 Å². The Morgan fingerprint density at radius 1 is 0.771 bits per heavy atom. The van der Waals surface area contributed by atoms with E-state index in [-0.39, 0.29) is 11.4 Å². The Kier molecular flexibility index (Phi) is 5.37. The van der Waals surface area contributed by atoms with Gasteiger partial charge in [0.2, 0.25) is 5.78 Å². The lowest BCUT2D eigenvalue weighted by molar-refractivity contribution is 0.103. The topological polar surface area (TPSA) is 100.0 Å². The summed E-state index contributed by atoms with van der Waals surface area (Å²) in [5.41, 5.74) is 8.98. The molecule has 5 aromatic rings. The van der Waals surface area contributed by atoms with Gasteiger partial charge < -0.3 is 5.73 Å². The van der Waals surface area contributed by atoms with Crippen molar-refractivity contribution in [1.29, 1.82) is 0 Å². The average Bonchev–Trinajstić information content (AvgIpc) is 2.90. The van der Waals surface area contributed by atoms with Crippen LogP contribution in [0.25, 0.3) is 33.3 Å².